The molecule has 2 aromatic rings. The lowest BCUT2D eigenvalue weighted by Gasteiger charge is -2.09. The maximum atomic E-state index is 12.2. The Morgan fingerprint density at radius 2 is 1.95 bits per heavy atom. The van der Waals surface area contributed by atoms with E-state index in [2.05, 4.69) is 4.72 Å². The van der Waals surface area contributed by atoms with E-state index in [0.29, 0.717) is 5.56 Å². The lowest BCUT2D eigenvalue weighted by atomic mass is 10.2. The average Bonchev–Trinajstić information content (AvgIpc) is 2.46. The number of aliphatic hydroxyl groups excluding tert-OH is 1. The van der Waals surface area contributed by atoms with E-state index >= 15 is 0 Å². The van der Waals surface area contributed by atoms with Crippen molar-refractivity contribution in [3.8, 4) is 0 Å². The molecule has 2 N–H and O–H groups in total. The number of nitro benzene ring substituents is 1. The molecule has 0 saturated carbocycles. The van der Waals surface area contributed by atoms with Crippen LogP contribution in [0.15, 0.2) is 47.4 Å². The maximum absolute atomic E-state index is 12.2. The molecule has 0 amide bonds. The maximum Gasteiger partial charge on any atom is 0.289 e. The molecule has 0 radical (unpaired) electrons. The molecule has 0 aliphatic heterocycles. The predicted octanol–water partition coefficient (Wildman–Crippen LogP) is 2.54. The molecule has 2 aromatic carbocycles. The second kappa shape index (κ2) is 6.30. The van der Waals surface area contributed by atoms with Gasteiger partial charge in [-0.3, -0.25) is 14.8 Å². The first-order valence-corrected chi connectivity index (χ1v) is 7.86. The Balaban J connectivity index is 2.38. The number of nitro groups is 1. The van der Waals surface area contributed by atoms with Crippen molar-refractivity contribution in [2.75, 3.05) is 4.72 Å². The summed E-state index contributed by atoms with van der Waals surface area (Å²) in [4.78, 5) is 9.79. The van der Waals surface area contributed by atoms with Gasteiger partial charge in [-0.1, -0.05) is 23.7 Å². The molecule has 0 heterocycles. The van der Waals surface area contributed by atoms with Crippen molar-refractivity contribution in [1.29, 1.82) is 0 Å². The Kier molecular flexibility index (Phi) is 4.65. The van der Waals surface area contributed by atoms with Gasteiger partial charge in [-0.15, -0.1) is 0 Å². The highest BCUT2D eigenvalue weighted by Crippen LogP contribution is 2.28. The fraction of sp³-hybridized carbons (Fsp3) is 0.0769. The summed E-state index contributed by atoms with van der Waals surface area (Å²) in [5.41, 5.74) is 0.278. The van der Waals surface area contributed by atoms with Crippen molar-refractivity contribution < 1.29 is 18.4 Å². The van der Waals surface area contributed by atoms with E-state index in [-0.39, 0.29) is 22.2 Å². The highest BCUT2D eigenvalue weighted by atomic mass is 35.5. The third-order valence-corrected chi connectivity index (χ3v) is 4.48. The summed E-state index contributed by atoms with van der Waals surface area (Å²) < 4.78 is 26.8. The third-order valence-electron chi connectivity index (χ3n) is 2.79. The number of rotatable bonds is 5. The smallest absolute Gasteiger partial charge is 0.289 e. The van der Waals surface area contributed by atoms with Crippen LogP contribution in [0.4, 0.5) is 11.4 Å². The van der Waals surface area contributed by atoms with Gasteiger partial charge >= 0.3 is 0 Å². The highest BCUT2D eigenvalue weighted by Gasteiger charge is 2.20. The van der Waals surface area contributed by atoms with E-state index in [1.165, 1.54) is 18.2 Å². The second-order valence-corrected chi connectivity index (χ2v) is 6.42. The molecule has 22 heavy (non-hydrogen) atoms. The van der Waals surface area contributed by atoms with Gasteiger partial charge in [-0.25, -0.2) is 8.42 Å². The van der Waals surface area contributed by atoms with Gasteiger partial charge in [0, 0.05) is 11.8 Å². The second-order valence-electron chi connectivity index (χ2n) is 4.33. The zero-order valence-electron chi connectivity index (χ0n) is 11.1. The number of aliphatic hydroxyl groups is 1. The van der Waals surface area contributed by atoms with Crippen LogP contribution in [0, 0.1) is 10.1 Å². The molecule has 116 valence electrons. The lowest BCUT2D eigenvalue weighted by molar-refractivity contribution is -0.384. The summed E-state index contributed by atoms with van der Waals surface area (Å²) in [7, 11) is -4.01. The summed E-state index contributed by atoms with van der Waals surface area (Å²) in [5.74, 6) is 0. The molecule has 0 aliphatic rings. The Labute approximate surface area is 131 Å². The van der Waals surface area contributed by atoms with E-state index in [9.17, 15) is 18.5 Å². The predicted molar refractivity (Wildman–Crippen MR) is 81.3 cm³/mol. The molecule has 9 heteroatoms. The molecule has 0 spiro atoms. The minimum atomic E-state index is -4.01. The van der Waals surface area contributed by atoms with E-state index in [0.717, 1.165) is 12.1 Å². The first-order chi connectivity index (χ1) is 10.3. The van der Waals surface area contributed by atoms with Gasteiger partial charge < -0.3 is 5.11 Å². The quantitative estimate of drug-likeness (QED) is 0.641. The van der Waals surface area contributed by atoms with Gasteiger partial charge in [0.15, 0.2) is 0 Å². The Hall–Kier alpha value is -2.16. The van der Waals surface area contributed by atoms with Crippen molar-refractivity contribution in [2.24, 2.45) is 0 Å². The first kappa shape index (κ1) is 16.2. The van der Waals surface area contributed by atoms with E-state index in [1.807, 2.05) is 0 Å². The van der Waals surface area contributed by atoms with Gasteiger partial charge in [0.25, 0.3) is 15.7 Å². The van der Waals surface area contributed by atoms with Gasteiger partial charge in [0.05, 0.1) is 16.4 Å². The standard InChI is InChI=1S/C13H11ClN2O5S/c14-12-5-4-11(7-13(12)16(18)19)22(20,21)15-10-3-1-2-9(6-10)8-17/h1-7,15,17H,8H2. The summed E-state index contributed by atoms with van der Waals surface area (Å²) >= 11 is 5.66. The van der Waals surface area contributed by atoms with Crippen molar-refractivity contribution in [3.63, 3.8) is 0 Å². The zero-order chi connectivity index (χ0) is 16.3. The molecule has 7 nitrogen and oxygen atoms in total. The number of nitrogens with one attached hydrogen (secondary N) is 1. The summed E-state index contributed by atoms with van der Waals surface area (Å²) in [6, 6.07) is 9.38. The van der Waals surface area contributed by atoms with Gasteiger partial charge in [0.2, 0.25) is 0 Å². The van der Waals surface area contributed by atoms with Crippen molar-refractivity contribution in [1.82, 2.24) is 0 Å². The Bertz CT molecular complexity index is 823. The van der Waals surface area contributed by atoms with Gasteiger partial charge in [-0.2, -0.15) is 0 Å². The molecule has 0 unspecified atom stereocenters. The summed E-state index contributed by atoms with van der Waals surface area (Å²) in [6.45, 7) is -0.234. The lowest BCUT2D eigenvalue weighted by Crippen LogP contribution is -2.13. The largest absolute Gasteiger partial charge is 0.392 e. The fourth-order valence-corrected chi connectivity index (χ4v) is 3.00. The molecule has 2 rings (SSSR count). The van der Waals surface area contributed by atoms with Crippen molar-refractivity contribution in [2.45, 2.75) is 11.5 Å². The van der Waals surface area contributed by atoms with Gasteiger partial charge in [-0.05, 0) is 29.8 Å². The minimum Gasteiger partial charge on any atom is -0.392 e. The number of nitrogens with zero attached hydrogens (tertiary/aromatic N) is 1. The average molecular weight is 343 g/mol. The van der Waals surface area contributed by atoms with Crippen LogP contribution in [-0.4, -0.2) is 18.4 Å². The third kappa shape index (κ3) is 3.53. The fourth-order valence-electron chi connectivity index (χ4n) is 1.75. The van der Waals surface area contributed by atoms with E-state index < -0.39 is 20.6 Å². The number of hydrogen-bond donors (Lipinski definition) is 2. The molecule has 0 aliphatic carbocycles. The molecule has 0 saturated heterocycles. The molecule has 0 bridgehead atoms. The molecular weight excluding hydrogens is 332 g/mol. The van der Waals surface area contributed by atoms with Gasteiger partial charge in [0.1, 0.15) is 5.02 Å². The minimum absolute atomic E-state index is 0.147. The molecule has 0 fully saturated rings. The number of sulfonamides is 1. The van der Waals surface area contributed by atoms with E-state index in [4.69, 9.17) is 16.7 Å². The van der Waals surface area contributed by atoms with Crippen LogP contribution in [0.25, 0.3) is 0 Å². The number of anilines is 1. The van der Waals surface area contributed by atoms with Crippen LogP contribution in [0.1, 0.15) is 5.56 Å². The van der Waals surface area contributed by atoms with Crippen LogP contribution in [0.5, 0.6) is 0 Å². The number of benzene rings is 2. The number of hydrogen-bond acceptors (Lipinski definition) is 5. The topological polar surface area (TPSA) is 110 Å². The Morgan fingerprint density at radius 1 is 1.23 bits per heavy atom. The van der Waals surface area contributed by atoms with Crippen molar-refractivity contribution >= 4 is 33.0 Å². The van der Waals surface area contributed by atoms with Crippen LogP contribution in [-0.2, 0) is 16.6 Å². The molecular formula is C13H11ClN2O5S. The normalized spacial score (nSPS) is 11.2. The zero-order valence-corrected chi connectivity index (χ0v) is 12.6. The monoisotopic (exact) mass is 342 g/mol. The van der Waals surface area contributed by atoms with E-state index in [1.54, 1.807) is 12.1 Å². The van der Waals surface area contributed by atoms with Crippen molar-refractivity contribution in [3.05, 3.63) is 63.2 Å². The molecule has 0 atom stereocenters. The van der Waals surface area contributed by atoms with Crippen LogP contribution in [0.2, 0.25) is 5.02 Å². The van der Waals surface area contributed by atoms with Crippen LogP contribution < -0.4 is 4.72 Å². The number of halogens is 1. The SMILES string of the molecule is O=[N+]([O-])c1cc(S(=O)(=O)Nc2cccc(CO)c2)ccc1Cl. The summed E-state index contributed by atoms with van der Waals surface area (Å²) in [6.07, 6.45) is 0. The van der Waals surface area contributed by atoms with Crippen LogP contribution >= 0.6 is 11.6 Å². The van der Waals surface area contributed by atoms with Crippen LogP contribution in [0.3, 0.4) is 0 Å². The molecule has 0 aromatic heterocycles. The highest BCUT2D eigenvalue weighted by molar-refractivity contribution is 7.92. The Morgan fingerprint density at radius 3 is 2.59 bits per heavy atom. The first-order valence-electron chi connectivity index (χ1n) is 6.00. The summed E-state index contributed by atoms with van der Waals surface area (Å²) in [5, 5.41) is 19.7.